The third-order valence-corrected chi connectivity index (χ3v) is 2.51. The quantitative estimate of drug-likeness (QED) is 0.532. The van der Waals surface area contributed by atoms with E-state index < -0.39 is 0 Å². The fraction of sp³-hybridized carbons (Fsp3) is 0.438. The molecule has 19 heavy (non-hydrogen) atoms. The molecule has 0 saturated heterocycles. The fourth-order valence-corrected chi connectivity index (χ4v) is 1.57. The van der Waals surface area contributed by atoms with Crippen molar-refractivity contribution in [1.82, 2.24) is 0 Å². The summed E-state index contributed by atoms with van der Waals surface area (Å²) in [6, 6.07) is 9.88. The second-order valence-corrected chi connectivity index (χ2v) is 4.86. The molecule has 104 valence electrons. The van der Waals surface area contributed by atoms with Crippen LogP contribution in [0.25, 0.3) is 0 Å². The van der Waals surface area contributed by atoms with E-state index in [-0.39, 0.29) is 12.1 Å². The molecule has 0 aliphatic carbocycles. The lowest BCUT2D eigenvalue weighted by Gasteiger charge is -2.15. The van der Waals surface area contributed by atoms with Crippen LogP contribution < -0.4 is 0 Å². The van der Waals surface area contributed by atoms with Crippen molar-refractivity contribution in [2.24, 2.45) is 5.92 Å². The van der Waals surface area contributed by atoms with E-state index in [0.717, 1.165) is 5.56 Å². The molecule has 1 aromatic rings. The Morgan fingerprint density at radius 1 is 1.32 bits per heavy atom. The van der Waals surface area contributed by atoms with E-state index in [1.165, 1.54) is 0 Å². The van der Waals surface area contributed by atoms with Gasteiger partial charge in [-0.2, -0.15) is 0 Å². The summed E-state index contributed by atoms with van der Waals surface area (Å²) in [6.45, 7) is 8.47. The molecule has 0 amide bonds. The summed E-state index contributed by atoms with van der Waals surface area (Å²) < 4.78 is 10.8. The molecule has 0 heterocycles. The maximum Gasteiger partial charge on any atom is 0.306 e. The van der Waals surface area contributed by atoms with Gasteiger partial charge in [-0.05, 0) is 17.6 Å². The van der Waals surface area contributed by atoms with E-state index >= 15 is 0 Å². The highest BCUT2D eigenvalue weighted by Crippen LogP contribution is 2.06. The number of benzene rings is 1. The van der Waals surface area contributed by atoms with Gasteiger partial charge in [0.05, 0.1) is 13.2 Å². The predicted molar refractivity (Wildman–Crippen MR) is 75.6 cm³/mol. The number of carbonyl (C=O) groups is 1. The molecule has 1 unspecified atom stereocenters. The van der Waals surface area contributed by atoms with Gasteiger partial charge in [0.1, 0.15) is 6.10 Å². The molecule has 3 nitrogen and oxygen atoms in total. The molecule has 0 aliphatic rings. The highest BCUT2D eigenvalue weighted by Gasteiger charge is 2.12. The van der Waals surface area contributed by atoms with Crippen molar-refractivity contribution < 1.29 is 14.3 Å². The minimum absolute atomic E-state index is 0.205. The van der Waals surface area contributed by atoms with Gasteiger partial charge in [0.25, 0.3) is 0 Å². The van der Waals surface area contributed by atoms with Gasteiger partial charge in [0, 0.05) is 6.42 Å². The van der Waals surface area contributed by atoms with Gasteiger partial charge < -0.3 is 9.47 Å². The highest BCUT2D eigenvalue weighted by molar-refractivity contribution is 5.69. The Labute approximate surface area is 115 Å². The number of hydrogen-bond donors (Lipinski definition) is 0. The van der Waals surface area contributed by atoms with Crippen LogP contribution in [0.15, 0.2) is 43.0 Å². The first-order valence-electron chi connectivity index (χ1n) is 6.55. The Morgan fingerprint density at radius 3 is 2.58 bits per heavy atom. The van der Waals surface area contributed by atoms with Gasteiger partial charge in [0.15, 0.2) is 0 Å². The van der Waals surface area contributed by atoms with Crippen LogP contribution in [0.1, 0.15) is 25.8 Å². The van der Waals surface area contributed by atoms with E-state index in [1.54, 1.807) is 6.08 Å². The Morgan fingerprint density at radius 2 is 2.00 bits per heavy atom. The van der Waals surface area contributed by atoms with E-state index in [0.29, 0.717) is 25.6 Å². The lowest BCUT2D eigenvalue weighted by Crippen LogP contribution is -2.22. The van der Waals surface area contributed by atoms with Crippen molar-refractivity contribution in [2.75, 3.05) is 6.61 Å². The molecule has 0 saturated carbocycles. The number of hydrogen-bond acceptors (Lipinski definition) is 3. The zero-order valence-electron chi connectivity index (χ0n) is 11.7. The average Bonchev–Trinajstić information content (AvgIpc) is 2.38. The number of esters is 1. The van der Waals surface area contributed by atoms with E-state index in [2.05, 4.69) is 6.58 Å². The van der Waals surface area contributed by atoms with Crippen molar-refractivity contribution in [3.05, 3.63) is 48.6 Å². The Balaban J connectivity index is 2.29. The lowest BCUT2D eigenvalue weighted by atomic mass is 10.1. The summed E-state index contributed by atoms with van der Waals surface area (Å²) >= 11 is 0. The zero-order chi connectivity index (χ0) is 14.1. The molecule has 0 radical (unpaired) electrons. The normalized spacial score (nSPS) is 12.2. The molecule has 0 N–H and O–H groups in total. The second kappa shape index (κ2) is 8.48. The van der Waals surface area contributed by atoms with Crippen LogP contribution in [0.5, 0.6) is 0 Å². The molecule has 0 spiro atoms. The first-order valence-corrected chi connectivity index (χ1v) is 6.55. The van der Waals surface area contributed by atoms with Crippen molar-refractivity contribution >= 4 is 5.97 Å². The highest BCUT2D eigenvalue weighted by atomic mass is 16.6. The predicted octanol–water partition coefficient (Wildman–Crippen LogP) is 3.35. The van der Waals surface area contributed by atoms with Crippen LogP contribution in [-0.4, -0.2) is 18.7 Å². The Hall–Kier alpha value is -1.61. The van der Waals surface area contributed by atoms with Crippen LogP contribution >= 0.6 is 0 Å². The fourth-order valence-electron chi connectivity index (χ4n) is 1.57. The van der Waals surface area contributed by atoms with Crippen LogP contribution in [0.4, 0.5) is 0 Å². The molecule has 1 rings (SSSR count). The summed E-state index contributed by atoms with van der Waals surface area (Å²) in [5.74, 6) is 0.0893. The molecular weight excluding hydrogens is 240 g/mol. The maximum absolute atomic E-state index is 11.5. The Bertz CT molecular complexity index is 384. The molecule has 0 aromatic heterocycles. The Kier molecular flexibility index (Phi) is 6.90. The van der Waals surface area contributed by atoms with Gasteiger partial charge in [-0.15, -0.1) is 0 Å². The molecule has 0 fully saturated rings. The van der Waals surface area contributed by atoms with Crippen LogP contribution in [-0.2, 0) is 20.9 Å². The van der Waals surface area contributed by atoms with E-state index in [9.17, 15) is 4.79 Å². The van der Waals surface area contributed by atoms with Gasteiger partial charge in [0.2, 0.25) is 0 Å². The van der Waals surface area contributed by atoms with Crippen molar-refractivity contribution in [2.45, 2.75) is 33.0 Å². The van der Waals surface area contributed by atoms with Crippen molar-refractivity contribution in [3.63, 3.8) is 0 Å². The third kappa shape index (κ3) is 6.77. The summed E-state index contributed by atoms with van der Waals surface area (Å²) in [6.07, 6.45) is 1.64. The van der Waals surface area contributed by atoms with Crippen molar-refractivity contribution in [1.29, 1.82) is 0 Å². The molecular formula is C16H22O3. The molecule has 3 heteroatoms. The largest absolute Gasteiger partial charge is 0.456 e. The molecule has 0 bridgehead atoms. The molecule has 1 atom stereocenters. The topological polar surface area (TPSA) is 35.5 Å². The van der Waals surface area contributed by atoms with Gasteiger partial charge >= 0.3 is 5.97 Å². The van der Waals surface area contributed by atoms with Crippen LogP contribution in [0.2, 0.25) is 0 Å². The first-order chi connectivity index (χ1) is 9.11. The number of rotatable bonds is 8. The minimum Gasteiger partial charge on any atom is -0.456 e. The minimum atomic E-state index is -0.380. The summed E-state index contributed by atoms with van der Waals surface area (Å²) in [5, 5.41) is 0. The lowest BCUT2D eigenvalue weighted by molar-refractivity contribution is -0.150. The molecule has 0 aliphatic heterocycles. The average molecular weight is 262 g/mol. The number of ether oxygens (including phenoxy) is 2. The van der Waals surface area contributed by atoms with Crippen molar-refractivity contribution in [3.8, 4) is 0 Å². The second-order valence-electron chi connectivity index (χ2n) is 4.86. The summed E-state index contributed by atoms with van der Waals surface area (Å²) in [7, 11) is 0. The first kappa shape index (κ1) is 15.4. The van der Waals surface area contributed by atoms with Gasteiger partial charge in [-0.25, -0.2) is 0 Å². The summed E-state index contributed by atoms with van der Waals surface area (Å²) in [4.78, 5) is 11.5. The standard InChI is InChI=1S/C16H22O3/c1-4-15(19-16(17)10-13(2)3)12-18-11-14-8-6-5-7-9-14/h4-9,13,15H,1,10-12H2,2-3H3. The maximum atomic E-state index is 11.5. The monoisotopic (exact) mass is 262 g/mol. The smallest absolute Gasteiger partial charge is 0.306 e. The van der Waals surface area contributed by atoms with E-state index in [1.807, 2.05) is 44.2 Å². The summed E-state index contributed by atoms with van der Waals surface area (Å²) in [5.41, 5.74) is 1.10. The van der Waals surface area contributed by atoms with Gasteiger partial charge in [-0.3, -0.25) is 4.79 Å². The third-order valence-electron chi connectivity index (χ3n) is 2.51. The van der Waals surface area contributed by atoms with E-state index in [4.69, 9.17) is 9.47 Å². The van der Waals surface area contributed by atoms with Gasteiger partial charge in [-0.1, -0.05) is 50.8 Å². The zero-order valence-corrected chi connectivity index (χ0v) is 11.7. The van der Waals surface area contributed by atoms with Crippen LogP contribution in [0.3, 0.4) is 0 Å². The molecule has 1 aromatic carbocycles. The number of carbonyl (C=O) groups excluding carboxylic acids is 1. The van der Waals surface area contributed by atoms with Crippen LogP contribution in [0, 0.1) is 5.92 Å². The SMILES string of the molecule is C=CC(COCc1ccccc1)OC(=O)CC(C)C.